The van der Waals surface area contributed by atoms with Crippen LogP contribution in [0.3, 0.4) is 0 Å². The minimum absolute atomic E-state index is 0.00184. The number of likely N-dealkylation sites (tertiary alicyclic amines) is 1. The fraction of sp³-hybridized carbons (Fsp3) is 0.387. The predicted molar refractivity (Wildman–Crippen MR) is 150 cm³/mol. The topological polar surface area (TPSA) is 91.3 Å². The number of halogens is 1. The van der Waals surface area contributed by atoms with Gasteiger partial charge in [-0.15, -0.1) is 0 Å². The van der Waals surface area contributed by atoms with Crippen LogP contribution in [0, 0.1) is 0 Å². The van der Waals surface area contributed by atoms with Gasteiger partial charge in [0.25, 0.3) is 0 Å². The molecule has 3 N–H and O–H groups in total. The highest BCUT2D eigenvalue weighted by molar-refractivity contribution is 6.30. The van der Waals surface area contributed by atoms with Crippen molar-refractivity contribution in [2.45, 2.75) is 56.9 Å². The van der Waals surface area contributed by atoms with E-state index in [4.69, 9.17) is 21.1 Å². The summed E-state index contributed by atoms with van der Waals surface area (Å²) < 4.78 is 12.9. The number of aliphatic hydroxyl groups excluding tert-OH is 1. The molecule has 7 nitrogen and oxygen atoms in total. The van der Waals surface area contributed by atoms with Crippen LogP contribution >= 0.6 is 11.6 Å². The van der Waals surface area contributed by atoms with Gasteiger partial charge in [0.2, 0.25) is 5.91 Å². The molecule has 206 valence electrons. The predicted octanol–water partition coefficient (Wildman–Crippen LogP) is 5.32. The lowest BCUT2D eigenvalue weighted by Gasteiger charge is -2.42. The van der Waals surface area contributed by atoms with Crippen molar-refractivity contribution in [3.05, 3.63) is 100 Å². The van der Waals surface area contributed by atoms with Crippen LogP contribution < -0.4 is 5.32 Å². The minimum atomic E-state index is -0.854. The third-order valence-corrected chi connectivity index (χ3v) is 7.90. The first-order valence-electron chi connectivity index (χ1n) is 13.4. The summed E-state index contributed by atoms with van der Waals surface area (Å²) in [6.45, 7) is 3.72. The third-order valence-electron chi connectivity index (χ3n) is 7.64. The summed E-state index contributed by atoms with van der Waals surface area (Å²) >= 11 is 6.04. The molecule has 2 aliphatic rings. The highest BCUT2D eigenvalue weighted by Gasteiger charge is 2.37. The Morgan fingerprint density at radius 3 is 2.23 bits per heavy atom. The second-order valence-corrected chi connectivity index (χ2v) is 10.9. The molecule has 0 spiro atoms. The molecule has 2 aliphatic heterocycles. The molecule has 0 unspecified atom stereocenters. The Bertz CT molecular complexity index is 1240. The molecular weight excluding hydrogens is 516 g/mol. The van der Waals surface area contributed by atoms with E-state index >= 15 is 0 Å². The van der Waals surface area contributed by atoms with E-state index in [1.165, 1.54) is 6.92 Å². The maximum absolute atomic E-state index is 11.4. The molecule has 5 rings (SSSR count). The van der Waals surface area contributed by atoms with Crippen molar-refractivity contribution in [1.29, 1.82) is 0 Å². The van der Waals surface area contributed by atoms with Gasteiger partial charge >= 0.3 is 0 Å². The van der Waals surface area contributed by atoms with Gasteiger partial charge in [0.05, 0.1) is 24.4 Å². The lowest BCUT2D eigenvalue weighted by molar-refractivity contribution is -0.253. The molecule has 3 aromatic carbocycles. The molecule has 39 heavy (non-hydrogen) atoms. The molecular formula is C31H35ClN2O5. The van der Waals surface area contributed by atoms with Gasteiger partial charge in [0.1, 0.15) is 0 Å². The van der Waals surface area contributed by atoms with E-state index in [0.29, 0.717) is 24.3 Å². The average Bonchev–Trinajstić information content (AvgIpc) is 2.95. The Kier molecular flexibility index (Phi) is 8.67. The van der Waals surface area contributed by atoms with Crippen LogP contribution in [-0.4, -0.2) is 46.8 Å². The number of hydrogen-bond donors (Lipinski definition) is 3. The number of hydrogen-bond acceptors (Lipinski definition) is 6. The SMILES string of the molecule is CC(=O)Nc1ccc([C@@H]2O[C@H](CN3CCC(O)(c4ccc(Cl)cc4)CC3)C[C@H](c3ccc(CO)cc3)O2)cc1. The molecule has 0 aliphatic carbocycles. The van der Waals surface area contributed by atoms with Gasteiger partial charge in [-0.3, -0.25) is 4.79 Å². The quantitative estimate of drug-likeness (QED) is 0.369. The molecule has 3 atom stereocenters. The molecule has 0 radical (unpaired) electrons. The Hall–Kier alpha value is -2.78. The number of ether oxygens (including phenoxy) is 2. The monoisotopic (exact) mass is 550 g/mol. The van der Waals surface area contributed by atoms with Gasteiger partial charge in [0, 0.05) is 49.3 Å². The molecule has 0 saturated carbocycles. The number of amides is 1. The summed E-state index contributed by atoms with van der Waals surface area (Å²) in [4.78, 5) is 13.8. The number of aliphatic hydroxyl groups is 2. The normalized spacial score (nSPS) is 23.3. The Labute approximate surface area is 234 Å². The number of piperidine rings is 1. The molecule has 2 saturated heterocycles. The minimum Gasteiger partial charge on any atom is -0.392 e. The van der Waals surface area contributed by atoms with Gasteiger partial charge in [-0.25, -0.2) is 0 Å². The molecule has 2 fully saturated rings. The summed E-state index contributed by atoms with van der Waals surface area (Å²) in [5, 5.41) is 24.2. The van der Waals surface area contributed by atoms with Crippen LogP contribution in [0.15, 0.2) is 72.8 Å². The zero-order chi connectivity index (χ0) is 27.4. The first-order valence-corrected chi connectivity index (χ1v) is 13.8. The Morgan fingerprint density at radius 1 is 0.974 bits per heavy atom. The fourth-order valence-electron chi connectivity index (χ4n) is 5.40. The molecule has 1 amide bonds. The number of nitrogens with zero attached hydrogens (tertiary/aromatic N) is 1. The van der Waals surface area contributed by atoms with Gasteiger partial charge in [-0.1, -0.05) is 60.1 Å². The van der Waals surface area contributed by atoms with E-state index in [-0.39, 0.29) is 24.7 Å². The summed E-state index contributed by atoms with van der Waals surface area (Å²) in [5.41, 5.74) is 3.54. The second kappa shape index (κ2) is 12.2. The number of carbonyl (C=O) groups is 1. The second-order valence-electron chi connectivity index (χ2n) is 10.5. The molecule has 2 heterocycles. The van der Waals surface area contributed by atoms with Crippen molar-refractivity contribution < 1.29 is 24.5 Å². The number of anilines is 1. The van der Waals surface area contributed by atoms with Gasteiger partial charge in [-0.2, -0.15) is 0 Å². The number of benzene rings is 3. The Balaban J connectivity index is 1.29. The van der Waals surface area contributed by atoms with Crippen LogP contribution in [0.5, 0.6) is 0 Å². The zero-order valence-corrected chi connectivity index (χ0v) is 22.8. The Morgan fingerprint density at radius 2 is 1.62 bits per heavy atom. The standard InChI is InChI=1S/C31H35ClN2O5/c1-21(36)33-27-12-6-24(7-13-27)30-38-28(18-29(39-30)23-4-2-22(20-35)3-5-23)19-34-16-14-31(37,15-17-34)25-8-10-26(32)11-9-25/h2-13,28-30,35,37H,14-20H2,1H3,(H,33,36)/t28-,29+,30+/m0/s1. The van der Waals surface area contributed by atoms with Crippen LogP contribution in [0.1, 0.15) is 60.8 Å². The summed E-state index contributed by atoms with van der Waals surface area (Å²) in [5.74, 6) is -0.121. The van der Waals surface area contributed by atoms with Crippen LogP contribution in [0.2, 0.25) is 5.02 Å². The molecule has 8 heteroatoms. The van der Waals surface area contributed by atoms with Crippen molar-refractivity contribution in [2.75, 3.05) is 25.0 Å². The number of rotatable bonds is 7. The van der Waals surface area contributed by atoms with Crippen molar-refractivity contribution >= 4 is 23.2 Å². The first-order chi connectivity index (χ1) is 18.8. The van der Waals surface area contributed by atoms with E-state index < -0.39 is 11.9 Å². The lowest BCUT2D eigenvalue weighted by Crippen LogP contribution is -2.46. The van der Waals surface area contributed by atoms with Crippen molar-refractivity contribution in [3.63, 3.8) is 0 Å². The van der Waals surface area contributed by atoms with E-state index in [9.17, 15) is 15.0 Å². The van der Waals surface area contributed by atoms with Gasteiger partial charge < -0.3 is 29.9 Å². The van der Waals surface area contributed by atoms with E-state index in [2.05, 4.69) is 10.2 Å². The van der Waals surface area contributed by atoms with Crippen molar-refractivity contribution in [3.8, 4) is 0 Å². The van der Waals surface area contributed by atoms with Crippen LogP contribution in [0.25, 0.3) is 0 Å². The fourth-order valence-corrected chi connectivity index (χ4v) is 5.53. The third kappa shape index (κ3) is 6.87. The van der Waals surface area contributed by atoms with Crippen LogP contribution in [-0.2, 0) is 26.5 Å². The summed E-state index contributed by atoms with van der Waals surface area (Å²) in [6.07, 6.45) is 1.15. The maximum Gasteiger partial charge on any atom is 0.221 e. The lowest BCUT2D eigenvalue weighted by atomic mass is 9.84. The van der Waals surface area contributed by atoms with Gasteiger partial charge in [-0.05, 0) is 53.8 Å². The first kappa shape index (κ1) is 27.8. The molecule has 3 aromatic rings. The van der Waals surface area contributed by atoms with E-state index in [1.807, 2.05) is 72.8 Å². The zero-order valence-electron chi connectivity index (χ0n) is 22.1. The number of nitrogens with one attached hydrogen (secondary N) is 1. The van der Waals surface area contributed by atoms with Gasteiger partial charge in [0.15, 0.2) is 6.29 Å². The highest BCUT2D eigenvalue weighted by atomic mass is 35.5. The summed E-state index contributed by atoms with van der Waals surface area (Å²) in [6, 6.07) is 22.8. The highest BCUT2D eigenvalue weighted by Crippen LogP contribution is 2.39. The van der Waals surface area contributed by atoms with Crippen molar-refractivity contribution in [2.24, 2.45) is 0 Å². The summed E-state index contributed by atoms with van der Waals surface area (Å²) in [7, 11) is 0. The van der Waals surface area contributed by atoms with Crippen LogP contribution in [0.4, 0.5) is 5.69 Å². The maximum atomic E-state index is 11.4. The number of carbonyl (C=O) groups excluding carboxylic acids is 1. The van der Waals surface area contributed by atoms with E-state index in [0.717, 1.165) is 47.6 Å². The average molecular weight is 551 g/mol. The largest absolute Gasteiger partial charge is 0.392 e. The molecule has 0 bridgehead atoms. The smallest absolute Gasteiger partial charge is 0.221 e. The van der Waals surface area contributed by atoms with Crippen molar-refractivity contribution in [1.82, 2.24) is 4.90 Å². The molecule has 0 aromatic heterocycles. The van der Waals surface area contributed by atoms with E-state index in [1.54, 1.807) is 0 Å².